The topological polar surface area (TPSA) is 73.9 Å². The van der Waals surface area contributed by atoms with Crippen LogP contribution in [0.25, 0.3) is 0 Å². The number of carbonyl (C=O) groups is 2. The molecule has 0 spiro atoms. The summed E-state index contributed by atoms with van der Waals surface area (Å²) in [4.78, 5) is 28.8. The molecule has 2 saturated heterocycles. The van der Waals surface area contributed by atoms with Crippen LogP contribution in [0.15, 0.2) is 24.3 Å². The van der Waals surface area contributed by atoms with Gasteiger partial charge in [-0.3, -0.25) is 9.69 Å². The van der Waals surface area contributed by atoms with Gasteiger partial charge in [-0.2, -0.15) is 0 Å². The summed E-state index contributed by atoms with van der Waals surface area (Å²) in [5.74, 6) is 0.0655. The molecule has 2 fully saturated rings. The van der Waals surface area contributed by atoms with Crippen LogP contribution in [0.5, 0.6) is 0 Å². The lowest BCUT2D eigenvalue weighted by atomic mass is 10.0. The predicted molar refractivity (Wildman–Crippen MR) is 105 cm³/mol. The van der Waals surface area contributed by atoms with Gasteiger partial charge in [-0.15, -0.1) is 0 Å². The van der Waals surface area contributed by atoms with Crippen LogP contribution in [-0.2, 0) is 4.74 Å². The number of nitrogens with zero attached hydrogens (tertiary/aromatic N) is 2. The number of amides is 3. The highest BCUT2D eigenvalue weighted by Gasteiger charge is 2.28. The zero-order chi connectivity index (χ0) is 19.3. The van der Waals surface area contributed by atoms with Gasteiger partial charge in [0.2, 0.25) is 0 Å². The molecule has 27 heavy (non-hydrogen) atoms. The van der Waals surface area contributed by atoms with Crippen LogP contribution < -0.4 is 10.6 Å². The first-order valence-corrected chi connectivity index (χ1v) is 9.73. The van der Waals surface area contributed by atoms with Gasteiger partial charge in [0.1, 0.15) is 0 Å². The monoisotopic (exact) mass is 374 g/mol. The van der Waals surface area contributed by atoms with Crippen molar-refractivity contribution in [3.63, 3.8) is 0 Å². The Hall–Kier alpha value is -2.12. The van der Waals surface area contributed by atoms with E-state index < -0.39 is 0 Å². The fourth-order valence-electron chi connectivity index (χ4n) is 3.55. The van der Waals surface area contributed by atoms with E-state index in [0.717, 1.165) is 52.2 Å². The number of benzene rings is 1. The second-order valence-corrected chi connectivity index (χ2v) is 7.80. The van der Waals surface area contributed by atoms with E-state index in [4.69, 9.17) is 4.74 Å². The molecule has 0 unspecified atom stereocenters. The Morgan fingerprint density at radius 2 is 1.67 bits per heavy atom. The van der Waals surface area contributed by atoms with Crippen molar-refractivity contribution in [3.8, 4) is 0 Å². The fourth-order valence-corrected chi connectivity index (χ4v) is 3.55. The van der Waals surface area contributed by atoms with Crippen LogP contribution >= 0.6 is 0 Å². The molecular weight excluding hydrogens is 344 g/mol. The third-order valence-electron chi connectivity index (χ3n) is 5.33. The minimum atomic E-state index is -0.241. The summed E-state index contributed by atoms with van der Waals surface area (Å²) >= 11 is 0. The number of hydrogen-bond donors (Lipinski definition) is 2. The maximum atomic E-state index is 12.4. The summed E-state index contributed by atoms with van der Waals surface area (Å²) in [6.07, 6.45) is 2.15. The first-order chi connectivity index (χ1) is 13.0. The van der Waals surface area contributed by atoms with Gasteiger partial charge in [-0.05, 0) is 51.0 Å². The molecule has 3 amide bonds. The van der Waals surface area contributed by atoms with Crippen molar-refractivity contribution in [1.29, 1.82) is 0 Å². The zero-order valence-corrected chi connectivity index (χ0v) is 16.3. The number of carbonyl (C=O) groups excluding carboxylic acids is 2. The molecular formula is C20H30N4O3. The van der Waals surface area contributed by atoms with E-state index in [9.17, 15) is 9.59 Å². The lowest BCUT2D eigenvalue weighted by Gasteiger charge is -2.40. The molecule has 2 aliphatic rings. The molecule has 7 heteroatoms. The minimum Gasteiger partial charge on any atom is -0.379 e. The molecule has 2 heterocycles. The molecule has 0 aromatic heterocycles. The summed E-state index contributed by atoms with van der Waals surface area (Å²) in [6, 6.07) is 6.85. The predicted octanol–water partition coefficient (Wildman–Crippen LogP) is 2.15. The SMILES string of the molecule is CC(C)(CNC(=O)Nc1ccc(C(=O)N2CCCC2)cc1)N1CCOCC1. The third-order valence-corrected chi connectivity index (χ3v) is 5.33. The zero-order valence-electron chi connectivity index (χ0n) is 16.3. The number of rotatable bonds is 5. The maximum Gasteiger partial charge on any atom is 0.319 e. The molecule has 0 atom stereocenters. The molecule has 1 aromatic rings. The molecule has 3 rings (SSSR count). The Morgan fingerprint density at radius 3 is 2.30 bits per heavy atom. The lowest BCUT2D eigenvalue weighted by Crippen LogP contribution is -2.55. The van der Waals surface area contributed by atoms with Gasteiger partial charge in [0.15, 0.2) is 0 Å². The van der Waals surface area contributed by atoms with E-state index in [0.29, 0.717) is 17.8 Å². The van der Waals surface area contributed by atoms with Gasteiger partial charge < -0.3 is 20.3 Å². The molecule has 0 saturated carbocycles. The van der Waals surface area contributed by atoms with Gasteiger partial charge in [-0.25, -0.2) is 4.79 Å². The largest absolute Gasteiger partial charge is 0.379 e. The number of urea groups is 1. The van der Waals surface area contributed by atoms with Crippen molar-refractivity contribution in [3.05, 3.63) is 29.8 Å². The molecule has 1 aromatic carbocycles. The van der Waals surface area contributed by atoms with Crippen molar-refractivity contribution in [1.82, 2.24) is 15.1 Å². The van der Waals surface area contributed by atoms with Gasteiger partial charge >= 0.3 is 6.03 Å². The van der Waals surface area contributed by atoms with Crippen LogP contribution in [0, 0.1) is 0 Å². The van der Waals surface area contributed by atoms with Crippen LogP contribution in [-0.4, -0.2) is 73.2 Å². The van der Waals surface area contributed by atoms with Crippen molar-refractivity contribution in [2.24, 2.45) is 0 Å². The van der Waals surface area contributed by atoms with Gasteiger partial charge in [0.25, 0.3) is 5.91 Å². The average molecular weight is 374 g/mol. The van der Waals surface area contributed by atoms with E-state index in [-0.39, 0.29) is 17.5 Å². The highest BCUT2D eigenvalue weighted by molar-refractivity contribution is 5.95. The average Bonchev–Trinajstić information content (AvgIpc) is 3.22. The van der Waals surface area contributed by atoms with E-state index in [2.05, 4.69) is 29.4 Å². The van der Waals surface area contributed by atoms with E-state index >= 15 is 0 Å². The Kier molecular flexibility index (Phi) is 6.34. The van der Waals surface area contributed by atoms with E-state index in [1.54, 1.807) is 24.3 Å². The second kappa shape index (κ2) is 8.71. The Labute approximate surface area is 161 Å². The summed E-state index contributed by atoms with van der Waals surface area (Å²) in [7, 11) is 0. The quantitative estimate of drug-likeness (QED) is 0.828. The van der Waals surface area contributed by atoms with Crippen molar-refractivity contribution >= 4 is 17.6 Å². The van der Waals surface area contributed by atoms with Crippen LogP contribution in [0.4, 0.5) is 10.5 Å². The number of anilines is 1. The molecule has 148 valence electrons. The summed E-state index contributed by atoms with van der Waals surface area (Å²) < 4.78 is 5.39. The highest BCUT2D eigenvalue weighted by atomic mass is 16.5. The van der Waals surface area contributed by atoms with Crippen molar-refractivity contribution in [2.45, 2.75) is 32.2 Å². The van der Waals surface area contributed by atoms with Crippen molar-refractivity contribution < 1.29 is 14.3 Å². The molecule has 0 aliphatic carbocycles. The van der Waals surface area contributed by atoms with Crippen molar-refractivity contribution in [2.75, 3.05) is 51.3 Å². The van der Waals surface area contributed by atoms with E-state index in [1.165, 1.54) is 0 Å². The highest BCUT2D eigenvalue weighted by Crippen LogP contribution is 2.17. The number of nitrogens with one attached hydrogen (secondary N) is 2. The molecule has 0 radical (unpaired) electrons. The number of ether oxygens (including phenoxy) is 1. The smallest absolute Gasteiger partial charge is 0.319 e. The summed E-state index contributed by atoms with van der Waals surface area (Å²) in [6.45, 7) is 9.68. The number of morpholine rings is 1. The summed E-state index contributed by atoms with van der Waals surface area (Å²) in [5, 5.41) is 5.78. The standard InChI is InChI=1S/C20H30N4O3/c1-20(2,24-11-13-27-14-12-24)15-21-19(26)22-17-7-5-16(6-8-17)18(25)23-9-3-4-10-23/h5-8H,3-4,9-15H2,1-2H3,(H2,21,22,26). The van der Waals surface area contributed by atoms with Gasteiger partial charge in [-0.1, -0.05) is 0 Å². The van der Waals surface area contributed by atoms with Crippen LogP contribution in [0.1, 0.15) is 37.0 Å². The lowest BCUT2D eigenvalue weighted by molar-refractivity contribution is -0.00863. The Morgan fingerprint density at radius 1 is 1.04 bits per heavy atom. The second-order valence-electron chi connectivity index (χ2n) is 7.80. The van der Waals surface area contributed by atoms with E-state index in [1.807, 2.05) is 4.90 Å². The molecule has 7 nitrogen and oxygen atoms in total. The van der Waals surface area contributed by atoms with Crippen LogP contribution in [0.2, 0.25) is 0 Å². The first-order valence-electron chi connectivity index (χ1n) is 9.73. The normalized spacial score (nSPS) is 18.4. The fraction of sp³-hybridized carbons (Fsp3) is 0.600. The molecule has 2 aliphatic heterocycles. The summed E-state index contributed by atoms with van der Waals surface area (Å²) in [5.41, 5.74) is 1.21. The van der Waals surface area contributed by atoms with Gasteiger partial charge in [0, 0.05) is 49.5 Å². The van der Waals surface area contributed by atoms with Crippen LogP contribution in [0.3, 0.4) is 0 Å². The maximum absolute atomic E-state index is 12.4. The minimum absolute atomic E-state index is 0.0655. The first kappa shape index (κ1) is 19.6. The number of likely N-dealkylation sites (tertiary alicyclic amines) is 1. The Balaban J connectivity index is 1.48. The van der Waals surface area contributed by atoms with Gasteiger partial charge in [0.05, 0.1) is 13.2 Å². The molecule has 0 bridgehead atoms. The Bertz CT molecular complexity index is 648. The third kappa shape index (κ3) is 5.20. The number of hydrogen-bond acceptors (Lipinski definition) is 4. The molecule has 2 N–H and O–H groups in total.